The quantitative estimate of drug-likeness (QED) is 0.809. The largest absolute Gasteiger partial charge is 0.476 e. The summed E-state index contributed by atoms with van der Waals surface area (Å²) in [5, 5.41) is 17.9. The van der Waals surface area contributed by atoms with Gasteiger partial charge in [0.15, 0.2) is 11.5 Å². The van der Waals surface area contributed by atoms with Crippen molar-refractivity contribution in [1.82, 2.24) is 24.8 Å². The number of aryl methyl sites for hydroxylation is 1. The van der Waals surface area contributed by atoms with Crippen LogP contribution in [0.5, 0.6) is 0 Å². The van der Waals surface area contributed by atoms with Crippen LogP contribution in [0.3, 0.4) is 0 Å². The Hall–Kier alpha value is -2.22. The maximum Gasteiger partial charge on any atom is 0.356 e. The molecule has 26 heavy (non-hydrogen) atoms. The van der Waals surface area contributed by atoms with E-state index in [0.29, 0.717) is 24.8 Å². The minimum Gasteiger partial charge on any atom is -0.476 e. The van der Waals surface area contributed by atoms with Crippen LogP contribution in [0.2, 0.25) is 0 Å². The van der Waals surface area contributed by atoms with E-state index in [9.17, 15) is 9.90 Å². The van der Waals surface area contributed by atoms with Crippen LogP contribution in [0.25, 0.3) is 0 Å². The fourth-order valence-corrected chi connectivity index (χ4v) is 3.80. The first-order chi connectivity index (χ1) is 12.6. The van der Waals surface area contributed by atoms with E-state index in [1.807, 2.05) is 11.7 Å². The number of aromatic carboxylic acids is 1. The Labute approximate surface area is 152 Å². The molecule has 0 saturated heterocycles. The number of carboxylic acid groups (broad SMARTS) is 1. The number of carbonyl (C=O) groups is 1. The Morgan fingerprint density at radius 3 is 2.88 bits per heavy atom. The van der Waals surface area contributed by atoms with Gasteiger partial charge in [-0.1, -0.05) is 12.1 Å². The maximum absolute atomic E-state index is 11.6. The lowest BCUT2D eigenvalue weighted by atomic mass is 9.90. The molecule has 1 N–H and O–H groups in total. The van der Waals surface area contributed by atoms with Crippen molar-refractivity contribution in [3.05, 3.63) is 28.7 Å². The summed E-state index contributed by atoms with van der Waals surface area (Å²) in [5.41, 5.74) is 2.18. The van der Waals surface area contributed by atoms with Gasteiger partial charge in [0, 0.05) is 29.8 Å². The van der Waals surface area contributed by atoms with E-state index < -0.39 is 5.97 Å². The maximum atomic E-state index is 11.6. The van der Waals surface area contributed by atoms with Crippen molar-refractivity contribution in [1.29, 1.82) is 0 Å². The normalized spacial score (nSPS) is 19.7. The smallest absolute Gasteiger partial charge is 0.356 e. The standard InChI is InChI=1S/C18H25N5O3/c1-3-8-23-14-7-6-12(9-13(14)16(20-23)18(24)25)22(2)10-15-19-17(21-26-15)11-4-5-11/h11-12H,3-10H2,1-2H3,(H,24,25)/t12-/m0/s1. The van der Waals surface area contributed by atoms with Gasteiger partial charge in [-0.25, -0.2) is 4.79 Å². The average Bonchev–Trinajstić information content (AvgIpc) is 3.26. The van der Waals surface area contributed by atoms with Gasteiger partial charge in [0.25, 0.3) is 0 Å². The highest BCUT2D eigenvalue weighted by Gasteiger charge is 2.32. The summed E-state index contributed by atoms with van der Waals surface area (Å²) >= 11 is 0. The van der Waals surface area contributed by atoms with Crippen LogP contribution in [-0.2, 0) is 25.9 Å². The van der Waals surface area contributed by atoms with E-state index in [-0.39, 0.29) is 11.7 Å². The highest BCUT2D eigenvalue weighted by atomic mass is 16.5. The number of carboxylic acids is 1. The van der Waals surface area contributed by atoms with Crippen molar-refractivity contribution in [2.45, 2.75) is 70.5 Å². The molecule has 2 aromatic heterocycles. The molecule has 2 aliphatic carbocycles. The Balaban J connectivity index is 1.48. The fourth-order valence-electron chi connectivity index (χ4n) is 3.80. The van der Waals surface area contributed by atoms with Crippen LogP contribution in [0.4, 0.5) is 0 Å². The Morgan fingerprint density at radius 2 is 2.19 bits per heavy atom. The second-order valence-corrected chi connectivity index (χ2v) is 7.43. The summed E-state index contributed by atoms with van der Waals surface area (Å²) in [7, 11) is 2.04. The first-order valence-electron chi connectivity index (χ1n) is 9.41. The molecule has 0 radical (unpaired) electrons. The summed E-state index contributed by atoms with van der Waals surface area (Å²) in [4.78, 5) is 18.3. The molecule has 0 amide bonds. The molecule has 0 spiro atoms. The number of likely N-dealkylation sites (N-methyl/N-ethyl adjacent to an activating group) is 1. The molecule has 8 nitrogen and oxygen atoms in total. The van der Waals surface area contributed by atoms with Gasteiger partial charge in [-0.05, 0) is 45.6 Å². The number of hydrogen-bond acceptors (Lipinski definition) is 6. The van der Waals surface area contributed by atoms with Gasteiger partial charge in [0.1, 0.15) is 0 Å². The first-order valence-corrected chi connectivity index (χ1v) is 9.41. The Bertz CT molecular complexity index is 808. The third-order valence-corrected chi connectivity index (χ3v) is 5.39. The lowest BCUT2D eigenvalue weighted by Gasteiger charge is -2.30. The number of rotatable bonds is 7. The van der Waals surface area contributed by atoms with Crippen LogP contribution in [0.1, 0.15) is 72.0 Å². The van der Waals surface area contributed by atoms with E-state index >= 15 is 0 Å². The van der Waals surface area contributed by atoms with Crippen molar-refractivity contribution in [3.8, 4) is 0 Å². The van der Waals surface area contributed by atoms with Gasteiger partial charge in [-0.15, -0.1) is 0 Å². The van der Waals surface area contributed by atoms with Crippen LogP contribution in [0.15, 0.2) is 4.52 Å². The van der Waals surface area contributed by atoms with E-state index in [1.165, 1.54) is 0 Å². The lowest BCUT2D eigenvalue weighted by molar-refractivity contribution is 0.0687. The number of nitrogens with zero attached hydrogens (tertiary/aromatic N) is 5. The summed E-state index contributed by atoms with van der Waals surface area (Å²) in [6, 6.07) is 0.246. The molecular formula is C18H25N5O3. The summed E-state index contributed by atoms with van der Waals surface area (Å²) in [5.74, 6) is 1.01. The zero-order valence-corrected chi connectivity index (χ0v) is 15.3. The lowest BCUT2D eigenvalue weighted by Crippen LogP contribution is -2.36. The Kier molecular flexibility index (Phi) is 4.52. The molecule has 140 valence electrons. The van der Waals surface area contributed by atoms with E-state index in [4.69, 9.17) is 4.52 Å². The van der Waals surface area contributed by atoms with Gasteiger partial charge >= 0.3 is 5.97 Å². The molecule has 2 aliphatic rings. The van der Waals surface area contributed by atoms with Crippen LogP contribution < -0.4 is 0 Å². The zero-order valence-electron chi connectivity index (χ0n) is 15.3. The third-order valence-electron chi connectivity index (χ3n) is 5.39. The van der Waals surface area contributed by atoms with Crippen molar-refractivity contribution in [2.75, 3.05) is 7.05 Å². The summed E-state index contributed by atoms with van der Waals surface area (Å²) in [6.45, 7) is 3.43. The molecule has 2 heterocycles. The van der Waals surface area contributed by atoms with Crippen molar-refractivity contribution in [3.63, 3.8) is 0 Å². The van der Waals surface area contributed by atoms with Crippen LogP contribution >= 0.6 is 0 Å². The van der Waals surface area contributed by atoms with Crippen LogP contribution in [-0.4, -0.2) is 49.0 Å². The first kappa shape index (κ1) is 17.2. The monoisotopic (exact) mass is 359 g/mol. The van der Waals surface area contributed by atoms with Gasteiger partial charge in [-0.3, -0.25) is 9.58 Å². The number of fused-ring (bicyclic) bond motifs is 1. The fraction of sp³-hybridized carbons (Fsp3) is 0.667. The topological polar surface area (TPSA) is 97.3 Å². The minimum absolute atomic E-state index is 0.209. The van der Waals surface area contributed by atoms with Gasteiger partial charge < -0.3 is 9.63 Å². The molecule has 0 bridgehead atoms. The van der Waals surface area contributed by atoms with Gasteiger partial charge in [-0.2, -0.15) is 10.1 Å². The van der Waals surface area contributed by atoms with Gasteiger partial charge in [0.05, 0.1) is 6.54 Å². The molecule has 1 saturated carbocycles. The van der Waals surface area contributed by atoms with E-state index in [2.05, 4.69) is 27.1 Å². The average molecular weight is 359 g/mol. The van der Waals surface area contributed by atoms with Gasteiger partial charge in [0.2, 0.25) is 5.89 Å². The molecule has 0 aromatic carbocycles. The summed E-state index contributed by atoms with van der Waals surface area (Å²) < 4.78 is 7.27. The zero-order chi connectivity index (χ0) is 18.3. The molecule has 1 fully saturated rings. The Morgan fingerprint density at radius 1 is 1.38 bits per heavy atom. The predicted octanol–water partition coefficient (Wildman–Crippen LogP) is 2.24. The molecule has 0 unspecified atom stereocenters. The molecular weight excluding hydrogens is 334 g/mol. The second-order valence-electron chi connectivity index (χ2n) is 7.43. The minimum atomic E-state index is -0.939. The van der Waals surface area contributed by atoms with Crippen LogP contribution in [0, 0.1) is 0 Å². The van der Waals surface area contributed by atoms with E-state index in [1.54, 1.807) is 0 Å². The molecule has 4 rings (SSSR count). The predicted molar refractivity (Wildman–Crippen MR) is 93.0 cm³/mol. The van der Waals surface area contributed by atoms with Crippen molar-refractivity contribution < 1.29 is 14.4 Å². The van der Waals surface area contributed by atoms with E-state index in [0.717, 1.165) is 55.7 Å². The molecule has 2 aromatic rings. The molecule has 0 aliphatic heterocycles. The van der Waals surface area contributed by atoms with Crippen molar-refractivity contribution >= 4 is 5.97 Å². The summed E-state index contributed by atoms with van der Waals surface area (Å²) in [6.07, 6.45) is 5.76. The second kappa shape index (κ2) is 6.83. The number of aromatic nitrogens is 4. The highest BCUT2D eigenvalue weighted by Crippen LogP contribution is 2.38. The molecule has 1 atom stereocenters. The highest BCUT2D eigenvalue weighted by molar-refractivity contribution is 5.87. The third kappa shape index (κ3) is 3.25. The van der Waals surface area contributed by atoms with Crippen molar-refractivity contribution in [2.24, 2.45) is 0 Å². The molecule has 8 heteroatoms. The SMILES string of the molecule is CCCn1nc(C(=O)O)c2c1CC[C@H](N(C)Cc1nc(C3CC3)no1)C2. The number of hydrogen-bond donors (Lipinski definition) is 1.